The van der Waals surface area contributed by atoms with Gasteiger partial charge in [-0.25, -0.2) is 0 Å². The number of rotatable bonds is 2. The zero-order valence-electron chi connectivity index (χ0n) is 11.3. The summed E-state index contributed by atoms with van der Waals surface area (Å²) in [5.74, 6) is 0.837. The number of allylic oxidation sites excluding steroid dienone is 1. The van der Waals surface area contributed by atoms with Crippen LogP contribution in [0, 0.1) is 5.92 Å². The van der Waals surface area contributed by atoms with Crippen LogP contribution in [0.5, 0.6) is 0 Å². The summed E-state index contributed by atoms with van der Waals surface area (Å²) in [7, 11) is 0. The Morgan fingerprint density at radius 3 is 2.41 bits per heavy atom. The Kier molecular flexibility index (Phi) is 4.09. The van der Waals surface area contributed by atoms with E-state index < -0.39 is 0 Å². The molecule has 0 atom stereocenters. The minimum absolute atomic E-state index is 0.293. The van der Waals surface area contributed by atoms with E-state index in [0.29, 0.717) is 5.41 Å². The molecule has 0 radical (unpaired) electrons. The molecule has 1 aliphatic carbocycles. The summed E-state index contributed by atoms with van der Waals surface area (Å²) < 4.78 is 0. The first kappa shape index (κ1) is 12.9. The lowest BCUT2D eigenvalue weighted by molar-refractivity contribution is 0.420. The molecule has 0 aromatic carbocycles. The van der Waals surface area contributed by atoms with Crippen LogP contribution in [-0.2, 0) is 5.41 Å². The third-order valence-corrected chi connectivity index (χ3v) is 5.02. The van der Waals surface area contributed by atoms with Gasteiger partial charge in [-0.05, 0) is 42.4 Å². The maximum Gasteiger partial charge on any atom is 0.0270 e. The Morgan fingerprint density at radius 1 is 1.12 bits per heavy atom. The first-order valence-corrected chi connectivity index (χ1v) is 7.66. The van der Waals surface area contributed by atoms with E-state index in [1.807, 2.05) is 11.3 Å². The van der Waals surface area contributed by atoms with E-state index in [0.717, 1.165) is 5.92 Å². The highest BCUT2D eigenvalue weighted by atomic mass is 32.1. The molecule has 1 saturated carbocycles. The van der Waals surface area contributed by atoms with Gasteiger partial charge in [-0.3, -0.25) is 0 Å². The quantitative estimate of drug-likeness (QED) is 0.635. The van der Waals surface area contributed by atoms with Gasteiger partial charge >= 0.3 is 0 Å². The summed E-state index contributed by atoms with van der Waals surface area (Å²) >= 11 is 1.94. The smallest absolute Gasteiger partial charge is 0.0270 e. The molecule has 1 heteroatoms. The molecule has 17 heavy (non-hydrogen) atoms. The second-order valence-electron chi connectivity index (χ2n) is 6.21. The molecule has 1 aromatic rings. The molecule has 0 spiro atoms. The maximum atomic E-state index is 2.44. The van der Waals surface area contributed by atoms with Crippen LogP contribution in [0.25, 0.3) is 6.08 Å². The highest BCUT2D eigenvalue weighted by Crippen LogP contribution is 2.31. The molecule has 0 bridgehead atoms. The van der Waals surface area contributed by atoms with Gasteiger partial charge in [0, 0.05) is 9.75 Å². The largest absolute Gasteiger partial charge is 0.140 e. The highest BCUT2D eigenvalue weighted by molar-refractivity contribution is 7.13. The highest BCUT2D eigenvalue weighted by Gasteiger charge is 2.15. The third kappa shape index (κ3) is 3.70. The van der Waals surface area contributed by atoms with Gasteiger partial charge in [-0.1, -0.05) is 46.1 Å². The summed E-state index contributed by atoms with van der Waals surface area (Å²) in [6.45, 7) is 6.86. The maximum absolute atomic E-state index is 2.44. The average molecular weight is 248 g/mol. The van der Waals surface area contributed by atoms with Crippen LogP contribution in [0.3, 0.4) is 0 Å². The fourth-order valence-corrected chi connectivity index (χ4v) is 3.38. The van der Waals surface area contributed by atoms with Crippen molar-refractivity contribution in [2.24, 2.45) is 5.92 Å². The summed E-state index contributed by atoms with van der Waals surface area (Å²) in [5, 5.41) is 0. The van der Waals surface area contributed by atoms with Crippen LogP contribution in [0.4, 0.5) is 0 Å². The SMILES string of the molecule is CC(C)(C)c1ccc(/C=C/C2CCCCC2)s1. The predicted molar refractivity (Wildman–Crippen MR) is 78.6 cm³/mol. The van der Waals surface area contributed by atoms with E-state index in [-0.39, 0.29) is 0 Å². The van der Waals surface area contributed by atoms with E-state index in [1.165, 1.54) is 41.9 Å². The normalized spacial score (nSPS) is 19.0. The first-order chi connectivity index (χ1) is 8.05. The van der Waals surface area contributed by atoms with Crippen molar-refractivity contribution in [1.82, 2.24) is 0 Å². The Hall–Kier alpha value is -0.560. The molecule has 0 saturated heterocycles. The molecule has 0 nitrogen and oxygen atoms in total. The monoisotopic (exact) mass is 248 g/mol. The lowest BCUT2D eigenvalue weighted by Gasteiger charge is -2.17. The molecular formula is C16H24S. The number of hydrogen-bond donors (Lipinski definition) is 0. The predicted octanol–water partition coefficient (Wildman–Crippen LogP) is 5.64. The van der Waals surface area contributed by atoms with Crippen LogP contribution < -0.4 is 0 Å². The standard InChI is InChI=1S/C16H24S/c1-16(2,3)15-12-11-14(17-15)10-9-13-7-5-4-6-8-13/h9-13H,4-8H2,1-3H3/b10-9+. The minimum Gasteiger partial charge on any atom is -0.140 e. The van der Waals surface area contributed by atoms with E-state index in [1.54, 1.807) is 0 Å². The number of thiophene rings is 1. The van der Waals surface area contributed by atoms with Crippen molar-refractivity contribution in [2.75, 3.05) is 0 Å². The van der Waals surface area contributed by atoms with Crippen LogP contribution in [0.15, 0.2) is 18.2 Å². The molecule has 0 unspecified atom stereocenters. The molecule has 2 rings (SSSR count). The molecule has 1 fully saturated rings. The van der Waals surface area contributed by atoms with Crippen molar-refractivity contribution in [3.63, 3.8) is 0 Å². The third-order valence-electron chi connectivity index (χ3n) is 3.55. The fourth-order valence-electron chi connectivity index (χ4n) is 2.40. The second kappa shape index (κ2) is 5.39. The van der Waals surface area contributed by atoms with Gasteiger partial charge in [0.25, 0.3) is 0 Å². The van der Waals surface area contributed by atoms with Gasteiger partial charge in [0.15, 0.2) is 0 Å². The Balaban J connectivity index is 1.98. The fraction of sp³-hybridized carbons (Fsp3) is 0.625. The van der Waals surface area contributed by atoms with Crippen molar-refractivity contribution in [2.45, 2.75) is 58.3 Å². The summed E-state index contributed by atoms with van der Waals surface area (Å²) in [5.41, 5.74) is 0.293. The van der Waals surface area contributed by atoms with Gasteiger partial charge in [-0.15, -0.1) is 11.3 Å². The zero-order valence-corrected chi connectivity index (χ0v) is 12.1. The minimum atomic E-state index is 0.293. The zero-order chi connectivity index (χ0) is 12.3. The molecule has 0 aliphatic heterocycles. The van der Waals surface area contributed by atoms with Gasteiger partial charge in [0.1, 0.15) is 0 Å². The molecule has 1 heterocycles. The van der Waals surface area contributed by atoms with E-state index in [4.69, 9.17) is 0 Å². The van der Waals surface area contributed by atoms with Crippen molar-refractivity contribution < 1.29 is 0 Å². The van der Waals surface area contributed by atoms with Crippen molar-refractivity contribution in [1.29, 1.82) is 0 Å². The second-order valence-corrected chi connectivity index (χ2v) is 7.32. The first-order valence-electron chi connectivity index (χ1n) is 6.84. The average Bonchev–Trinajstić information content (AvgIpc) is 2.76. The summed E-state index contributed by atoms with van der Waals surface area (Å²) in [6.07, 6.45) is 11.9. The molecule has 1 aliphatic rings. The van der Waals surface area contributed by atoms with Crippen LogP contribution >= 0.6 is 11.3 Å². The van der Waals surface area contributed by atoms with Gasteiger partial charge in [0.05, 0.1) is 0 Å². The Labute approximate surface area is 110 Å². The van der Waals surface area contributed by atoms with Crippen LogP contribution in [0.1, 0.15) is 62.6 Å². The number of hydrogen-bond acceptors (Lipinski definition) is 1. The van der Waals surface area contributed by atoms with Gasteiger partial charge < -0.3 is 0 Å². The van der Waals surface area contributed by atoms with E-state index in [2.05, 4.69) is 45.1 Å². The van der Waals surface area contributed by atoms with Crippen LogP contribution in [-0.4, -0.2) is 0 Å². The lowest BCUT2D eigenvalue weighted by Crippen LogP contribution is -2.07. The van der Waals surface area contributed by atoms with Crippen molar-refractivity contribution in [3.05, 3.63) is 28.0 Å². The lowest BCUT2D eigenvalue weighted by atomic mass is 9.89. The molecule has 0 N–H and O–H groups in total. The van der Waals surface area contributed by atoms with Crippen molar-refractivity contribution >= 4 is 17.4 Å². The van der Waals surface area contributed by atoms with E-state index in [9.17, 15) is 0 Å². The molecule has 1 aromatic heterocycles. The van der Waals surface area contributed by atoms with Crippen LogP contribution in [0.2, 0.25) is 0 Å². The molecular weight excluding hydrogens is 224 g/mol. The van der Waals surface area contributed by atoms with Crippen molar-refractivity contribution in [3.8, 4) is 0 Å². The van der Waals surface area contributed by atoms with Gasteiger partial charge in [0.2, 0.25) is 0 Å². The summed E-state index contributed by atoms with van der Waals surface area (Å²) in [6, 6.07) is 4.55. The Bertz CT molecular complexity index is 372. The Morgan fingerprint density at radius 2 is 1.82 bits per heavy atom. The summed E-state index contributed by atoms with van der Waals surface area (Å²) in [4.78, 5) is 2.90. The van der Waals surface area contributed by atoms with E-state index >= 15 is 0 Å². The topological polar surface area (TPSA) is 0 Å². The molecule has 94 valence electrons. The van der Waals surface area contributed by atoms with Gasteiger partial charge in [-0.2, -0.15) is 0 Å². The molecule has 0 amide bonds.